The molecule has 1 unspecified atom stereocenters. The second-order valence-electron chi connectivity index (χ2n) is 3.11. The maximum Gasteiger partial charge on any atom is 0.245 e. The lowest BCUT2D eigenvalue weighted by molar-refractivity contribution is -0.120. The highest BCUT2D eigenvalue weighted by atomic mass is 19.3. The van der Waals surface area contributed by atoms with Crippen LogP contribution < -0.4 is 5.73 Å². The molecule has 0 spiro atoms. The number of ether oxygens (including phenoxy) is 2. The van der Waals surface area contributed by atoms with E-state index in [1.165, 1.54) is 14.2 Å². The lowest BCUT2D eigenvalue weighted by atomic mass is 10.1. The van der Waals surface area contributed by atoms with Gasteiger partial charge in [0.05, 0.1) is 6.04 Å². The van der Waals surface area contributed by atoms with E-state index in [-0.39, 0.29) is 12.8 Å². The van der Waals surface area contributed by atoms with Crippen LogP contribution in [0.15, 0.2) is 0 Å². The molecular weight excluding hydrogens is 204 g/mol. The Morgan fingerprint density at radius 2 is 1.60 bits per heavy atom. The zero-order valence-electron chi connectivity index (χ0n) is 10.2. The van der Waals surface area contributed by atoms with Gasteiger partial charge in [0, 0.05) is 20.6 Å². The van der Waals surface area contributed by atoms with Crippen LogP contribution in [0.4, 0.5) is 8.78 Å². The molecule has 0 fully saturated rings. The minimum atomic E-state index is -2.68. The van der Waals surface area contributed by atoms with E-state index in [0.29, 0.717) is 0 Å². The van der Waals surface area contributed by atoms with E-state index in [0.717, 1.165) is 6.92 Å². The molecule has 0 heterocycles. The molecule has 5 heteroatoms. The molecule has 0 rings (SSSR count). The number of rotatable bonds is 6. The van der Waals surface area contributed by atoms with Gasteiger partial charge in [0.15, 0.2) is 6.29 Å². The molecular formula is C10H23F2NO2. The Balaban J connectivity index is 0. The van der Waals surface area contributed by atoms with Crippen molar-refractivity contribution in [2.75, 3.05) is 14.2 Å². The van der Waals surface area contributed by atoms with Crippen LogP contribution in [0.2, 0.25) is 0 Å². The fourth-order valence-electron chi connectivity index (χ4n) is 1.00. The molecule has 3 nitrogen and oxygen atoms in total. The molecule has 0 saturated heterocycles. The van der Waals surface area contributed by atoms with Crippen LogP contribution in [0.5, 0.6) is 0 Å². The topological polar surface area (TPSA) is 44.5 Å². The Morgan fingerprint density at radius 3 is 1.87 bits per heavy atom. The lowest BCUT2D eigenvalue weighted by Gasteiger charge is -2.22. The Labute approximate surface area is 90.9 Å². The van der Waals surface area contributed by atoms with Crippen LogP contribution in [0.3, 0.4) is 0 Å². The third-order valence-corrected chi connectivity index (χ3v) is 1.73. The second kappa shape index (κ2) is 9.00. The minimum absolute atomic E-state index is 0.176. The number of hydrogen-bond acceptors (Lipinski definition) is 3. The summed E-state index contributed by atoms with van der Waals surface area (Å²) in [7, 11) is 2.86. The number of halogens is 2. The molecule has 15 heavy (non-hydrogen) atoms. The minimum Gasteiger partial charge on any atom is -0.354 e. The van der Waals surface area contributed by atoms with Crippen molar-refractivity contribution in [2.24, 2.45) is 5.73 Å². The zero-order chi connectivity index (χ0) is 12.5. The molecule has 0 aromatic carbocycles. The van der Waals surface area contributed by atoms with Crippen molar-refractivity contribution in [1.29, 1.82) is 0 Å². The van der Waals surface area contributed by atoms with E-state index in [9.17, 15) is 8.78 Å². The van der Waals surface area contributed by atoms with Gasteiger partial charge in [-0.3, -0.25) is 0 Å². The highest BCUT2D eigenvalue weighted by Crippen LogP contribution is 2.20. The van der Waals surface area contributed by atoms with Crippen LogP contribution in [0.1, 0.15) is 33.6 Å². The Hall–Kier alpha value is -0.260. The van der Waals surface area contributed by atoms with Gasteiger partial charge in [-0.2, -0.15) is 0 Å². The Kier molecular flexibility index (Phi) is 10.3. The molecule has 1 atom stereocenters. The van der Waals surface area contributed by atoms with Gasteiger partial charge in [0.1, 0.15) is 0 Å². The van der Waals surface area contributed by atoms with E-state index in [2.05, 4.69) is 0 Å². The summed E-state index contributed by atoms with van der Waals surface area (Å²) in [6.45, 7) is 4.87. The van der Waals surface area contributed by atoms with Crippen LogP contribution in [0.25, 0.3) is 0 Å². The van der Waals surface area contributed by atoms with Crippen LogP contribution in [0, 0.1) is 0 Å². The summed E-state index contributed by atoms with van der Waals surface area (Å²) >= 11 is 0. The molecule has 0 aromatic rings. The van der Waals surface area contributed by atoms with Crippen molar-refractivity contribution in [3.8, 4) is 0 Å². The molecule has 2 N–H and O–H groups in total. The number of alkyl halides is 2. The van der Waals surface area contributed by atoms with E-state index in [4.69, 9.17) is 15.2 Å². The number of hydrogen-bond donors (Lipinski definition) is 1. The van der Waals surface area contributed by atoms with E-state index >= 15 is 0 Å². The standard InChI is InChI=1S/C8H17F2NO2.C2H6/c1-8(9,10)5-4-6(11)7(12-2)13-3;1-2/h6-7H,4-5,11H2,1-3H3;1-2H3. The first kappa shape index (κ1) is 17.1. The summed E-state index contributed by atoms with van der Waals surface area (Å²) in [5, 5.41) is 0. The van der Waals surface area contributed by atoms with Gasteiger partial charge in [-0.1, -0.05) is 13.8 Å². The third-order valence-electron chi connectivity index (χ3n) is 1.73. The van der Waals surface area contributed by atoms with Gasteiger partial charge >= 0.3 is 0 Å². The quantitative estimate of drug-likeness (QED) is 0.709. The summed E-state index contributed by atoms with van der Waals surface area (Å²) in [6, 6.07) is -0.513. The smallest absolute Gasteiger partial charge is 0.245 e. The summed E-state index contributed by atoms with van der Waals surface area (Å²) in [5.41, 5.74) is 5.56. The van der Waals surface area contributed by atoms with Crippen LogP contribution in [-0.2, 0) is 9.47 Å². The normalized spacial score (nSPS) is 13.4. The molecule has 0 aliphatic carbocycles. The van der Waals surface area contributed by atoms with Gasteiger partial charge in [0.2, 0.25) is 5.92 Å². The van der Waals surface area contributed by atoms with Crippen molar-refractivity contribution >= 4 is 0 Å². The summed E-state index contributed by atoms with van der Waals surface area (Å²) in [4.78, 5) is 0. The van der Waals surface area contributed by atoms with Gasteiger partial charge in [-0.05, 0) is 13.3 Å². The van der Waals surface area contributed by atoms with Gasteiger partial charge in [0.25, 0.3) is 0 Å². The summed E-state index contributed by atoms with van der Waals surface area (Å²) in [6.07, 6.45) is -0.685. The molecule has 0 aliphatic heterocycles. The molecule has 0 amide bonds. The maximum absolute atomic E-state index is 12.4. The predicted molar refractivity (Wildman–Crippen MR) is 57.0 cm³/mol. The highest BCUT2D eigenvalue weighted by Gasteiger charge is 2.25. The molecule has 0 saturated carbocycles. The van der Waals surface area contributed by atoms with Crippen molar-refractivity contribution in [2.45, 2.75) is 51.9 Å². The van der Waals surface area contributed by atoms with E-state index < -0.39 is 18.3 Å². The average Bonchev–Trinajstić information content (AvgIpc) is 2.19. The highest BCUT2D eigenvalue weighted by molar-refractivity contribution is 4.69. The SMILES string of the molecule is CC.COC(OC)C(N)CCC(C)(F)F. The molecule has 0 aliphatic rings. The van der Waals surface area contributed by atoms with Crippen LogP contribution >= 0.6 is 0 Å². The summed E-state index contributed by atoms with van der Waals surface area (Å²) < 4.78 is 34.5. The third kappa shape index (κ3) is 10.0. The van der Waals surface area contributed by atoms with Crippen molar-refractivity contribution in [1.82, 2.24) is 0 Å². The molecule has 0 aromatic heterocycles. The first-order valence-corrected chi connectivity index (χ1v) is 5.09. The van der Waals surface area contributed by atoms with Gasteiger partial charge < -0.3 is 15.2 Å². The average molecular weight is 227 g/mol. The molecule has 0 radical (unpaired) electrons. The predicted octanol–water partition coefficient (Wildman–Crippen LogP) is 2.39. The number of nitrogens with two attached hydrogens (primary N) is 1. The maximum atomic E-state index is 12.4. The van der Waals surface area contributed by atoms with Crippen LogP contribution in [-0.4, -0.2) is 32.5 Å². The Bertz CT molecular complexity index is 136. The first-order chi connectivity index (χ1) is 6.90. The fourth-order valence-corrected chi connectivity index (χ4v) is 1.00. The largest absolute Gasteiger partial charge is 0.354 e. The van der Waals surface area contributed by atoms with Crippen molar-refractivity contribution in [3.05, 3.63) is 0 Å². The van der Waals surface area contributed by atoms with E-state index in [1.54, 1.807) is 0 Å². The monoisotopic (exact) mass is 227 g/mol. The molecule has 94 valence electrons. The van der Waals surface area contributed by atoms with Gasteiger partial charge in [-0.25, -0.2) is 8.78 Å². The Morgan fingerprint density at radius 1 is 1.20 bits per heavy atom. The zero-order valence-corrected chi connectivity index (χ0v) is 10.2. The fraction of sp³-hybridized carbons (Fsp3) is 1.00. The number of methoxy groups -OCH3 is 2. The lowest BCUT2D eigenvalue weighted by Crippen LogP contribution is -2.38. The van der Waals surface area contributed by atoms with E-state index in [1.807, 2.05) is 13.8 Å². The van der Waals surface area contributed by atoms with Crippen molar-refractivity contribution in [3.63, 3.8) is 0 Å². The van der Waals surface area contributed by atoms with Gasteiger partial charge in [-0.15, -0.1) is 0 Å². The van der Waals surface area contributed by atoms with Crippen molar-refractivity contribution < 1.29 is 18.3 Å². The molecule has 0 bridgehead atoms. The summed E-state index contributed by atoms with van der Waals surface area (Å²) in [5.74, 6) is -2.68. The second-order valence-corrected chi connectivity index (χ2v) is 3.11. The first-order valence-electron chi connectivity index (χ1n) is 5.09.